The van der Waals surface area contributed by atoms with Crippen LogP contribution in [0.4, 0.5) is 68.2 Å². The second kappa shape index (κ2) is 32.7. The van der Waals surface area contributed by atoms with Gasteiger partial charge >= 0.3 is 0 Å². The van der Waals surface area contributed by atoms with Gasteiger partial charge in [0.1, 0.15) is 22.2 Å². The molecule has 0 atom stereocenters. The fourth-order valence-electron chi connectivity index (χ4n) is 24.2. The van der Waals surface area contributed by atoms with Crippen LogP contribution >= 0.6 is 22.7 Å². The van der Waals surface area contributed by atoms with Crippen LogP contribution in [0, 0.1) is 0 Å². The highest BCUT2D eigenvalue weighted by Gasteiger charge is 2.49. The third-order valence-corrected chi connectivity index (χ3v) is 34.9. The predicted molar refractivity (Wildman–Crippen MR) is 643 cm³/mol. The van der Waals surface area contributed by atoms with Crippen molar-refractivity contribution in [2.45, 2.75) is 236 Å². The number of anilines is 12. The topological polar surface area (TPSA) is 49.1 Å². The third-order valence-electron chi connectivity index (χ3n) is 32.5. The van der Waals surface area contributed by atoms with Crippen molar-refractivity contribution in [2.24, 2.45) is 0 Å². The molecule has 0 spiro atoms. The Morgan fingerprint density at radius 2 is 0.514 bits per heavy atom. The summed E-state index contributed by atoms with van der Waals surface area (Å²) >= 11 is 3.83. The van der Waals surface area contributed by atoms with Crippen LogP contribution in [0.15, 0.2) is 318 Å². The summed E-state index contributed by atoms with van der Waals surface area (Å²) in [7, 11) is 0. The van der Waals surface area contributed by atoms with Crippen molar-refractivity contribution in [1.29, 1.82) is 0 Å². The number of fused-ring (bicyclic) bond motifs is 24. The molecule has 26 rings (SSSR count). The highest BCUT2D eigenvalue weighted by molar-refractivity contribution is 7.27. The van der Waals surface area contributed by atoms with Gasteiger partial charge in [0, 0.05) is 109 Å². The van der Waals surface area contributed by atoms with E-state index in [1.54, 1.807) is 0 Å². The molecule has 0 fully saturated rings. The summed E-state index contributed by atoms with van der Waals surface area (Å²) < 4.78 is 24.6. The summed E-state index contributed by atoms with van der Waals surface area (Å²) in [6, 6.07) is 119. The lowest BCUT2D eigenvalue weighted by Gasteiger charge is -2.42. The Bertz CT molecular complexity index is 9170. The molecule has 22 aromatic rings. The Morgan fingerprint density at radius 3 is 0.878 bits per heavy atom. The molecule has 16 aromatic carbocycles. The number of benzene rings is 16. The minimum atomic E-state index is -0.118. The Balaban J connectivity index is 0.000000154. The standard InChI is InChI=1S/C70H70BN3OS.C66H62BN3OS/c1-66(2,3)41-23-29-46(30-24-41)72(47-31-25-42(26-32-47)67(4,5)6)48-39-57-61-58(40-48)74-62-52(64-63(74)51-19-16-17-22-59(51)75-64)35-45(70(13,14)15)36-54(62)71(61)53-34-28-43(68(7,8)9)37-56(53)73(57)55-21-18-20-50-49-33-27-44(69(10,11)12)38-60(49)76-65(50)55;1-63(2,3)39-24-29-43(30-25-39)68(44-31-26-40(27-32-44)64(4,5)6)45-37-54-58-55(38-45)70-59-49(61-60(70)48-19-13-15-22-56(48)71-61)34-42(66(10,11)12)35-51(59)67(58)50-33-28-41(65(7,8)9)36-53(50)69(54)52-21-17-20-47-46-18-14-16-23-57(46)72-62(47)52/h16-40H,1-15H3;13-38H,1-12H3. The molecule has 0 unspecified atom stereocenters. The Labute approximate surface area is 880 Å². The maximum Gasteiger partial charge on any atom is 0.252 e. The van der Waals surface area contributed by atoms with Gasteiger partial charge in [0.2, 0.25) is 0 Å². The molecule has 736 valence electrons. The van der Waals surface area contributed by atoms with Crippen LogP contribution in [0.25, 0.3) is 118 Å². The van der Waals surface area contributed by atoms with E-state index >= 15 is 0 Å². The fourth-order valence-corrected chi connectivity index (χ4v) is 26.6. The van der Waals surface area contributed by atoms with E-state index in [4.69, 9.17) is 8.83 Å². The van der Waals surface area contributed by atoms with E-state index in [1.165, 1.54) is 190 Å². The molecule has 0 radical (unpaired) electrons. The largest absolute Gasteiger partial charge is 0.454 e. The predicted octanol–water partition coefficient (Wildman–Crippen LogP) is 35.6. The molecule has 6 aromatic heterocycles. The number of thiophene rings is 2. The third kappa shape index (κ3) is 15.0. The molecule has 8 nitrogen and oxygen atoms in total. The minimum absolute atomic E-state index is 0.00320. The lowest BCUT2D eigenvalue weighted by molar-refractivity contribution is 0.590. The molecule has 10 heterocycles. The summed E-state index contributed by atoms with van der Waals surface area (Å²) in [4.78, 5) is 10.3. The first-order valence-electron chi connectivity index (χ1n) is 53.2. The van der Waals surface area contributed by atoms with Gasteiger partial charge in [0.25, 0.3) is 13.4 Å². The summed E-state index contributed by atoms with van der Waals surface area (Å²) in [6.07, 6.45) is 0. The maximum absolute atomic E-state index is 7.10. The summed E-state index contributed by atoms with van der Waals surface area (Å²) in [6.45, 7) is 62.6. The van der Waals surface area contributed by atoms with Gasteiger partial charge in [-0.2, -0.15) is 0 Å². The first-order chi connectivity index (χ1) is 70.1. The van der Waals surface area contributed by atoms with Crippen LogP contribution in [0.5, 0.6) is 0 Å². The first-order valence-corrected chi connectivity index (χ1v) is 54.9. The molecular formula is C136H132B2N6O2S2. The van der Waals surface area contributed by atoms with Crippen molar-refractivity contribution in [1.82, 2.24) is 9.13 Å². The van der Waals surface area contributed by atoms with Crippen molar-refractivity contribution in [3.63, 3.8) is 0 Å². The first kappa shape index (κ1) is 94.9. The number of hydrogen-bond donors (Lipinski definition) is 0. The van der Waals surface area contributed by atoms with Gasteiger partial charge in [0.15, 0.2) is 11.2 Å². The zero-order valence-corrected chi connectivity index (χ0v) is 92.5. The molecule has 0 bridgehead atoms. The molecule has 0 N–H and O–H groups in total. The Morgan fingerprint density at radius 1 is 0.209 bits per heavy atom. The van der Waals surface area contributed by atoms with E-state index in [1.807, 2.05) is 22.7 Å². The van der Waals surface area contributed by atoms with E-state index in [0.29, 0.717) is 0 Å². The van der Waals surface area contributed by atoms with Crippen LogP contribution in [0.2, 0.25) is 0 Å². The minimum Gasteiger partial charge on any atom is -0.454 e. The average molecular weight is 1970 g/mol. The smallest absolute Gasteiger partial charge is 0.252 e. The van der Waals surface area contributed by atoms with E-state index < -0.39 is 0 Å². The zero-order valence-electron chi connectivity index (χ0n) is 90.9. The number of hydrogen-bond acceptors (Lipinski definition) is 8. The molecule has 0 aliphatic carbocycles. The average Bonchev–Trinajstić information content (AvgIpc) is 1.45. The zero-order chi connectivity index (χ0) is 103. The maximum atomic E-state index is 7.10. The van der Waals surface area contributed by atoms with Gasteiger partial charge in [-0.25, -0.2) is 0 Å². The van der Waals surface area contributed by atoms with Crippen molar-refractivity contribution >= 4 is 243 Å². The molecule has 0 saturated carbocycles. The van der Waals surface area contributed by atoms with Crippen LogP contribution < -0.4 is 52.4 Å². The second-order valence-corrected chi connectivity index (χ2v) is 54.0. The van der Waals surface area contributed by atoms with Crippen LogP contribution in [-0.4, -0.2) is 22.6 Å². The quantitative estimate of drug-likeness (QED) is 0.141. The van der Waals surface area contributed by atoms with Gasteiger partial charge in [0.05, 0.1) is 43.2 Å². The number of para-hydroxylation sites is 2. The van der Waals surface area contributed by atoms with E-state index in [9.17, 15) is 0 Å². The highest BCUT2D eigenvalue weighted by Crippen LogP contribution is 2.57. The normalized spacial score (nSPS) is 13.9. The number of furan rings is 2. The van der Waals surface area contributed by atoms with Gasteiger partial charge in [-0.3, -0.25) is 0 Å². The van der Waals surface area contributed by atoms with E-state index in [2.05, 4.69) is 525 Å². The van der Waals surface area contributed by atoms with Gasteiger partial charge in [-0.05, 0) is 277 Å². The lowest BCUT2D eigenvalue weighted by Crippen LogP contribution is -2.60. The summed E-state index contributed by atoms with van der Waals surface area (Å²) in [5.41, 5.74) is 44.0. The fraction of sp³-hybridized carbons (Fsp3) is 0.265. The summed E-state index contributed by atoms with van der Waals surface area (Å²) in [5, 5.41) is 9.75. The van der Waals surface area contributed by atoms with Crippen molar-refractivity contribution in [3.8, 4) is 11.4 Å². The number of aromatic nitrogens is 2. The van der Waals surface area contributed by atoms with Crippen molar-refractivity contribution in [3.05, 3.63) is 359 Å². The second-order valence-electron chi connectivity index (χ2n) is 51.9. The van der Waals surface area contributed by atoms with E-state index in [-0.39, 0.29) is 62.2 Å². The van der Waals surface area contributed by atoms with Crippen LogP contribution in [0.3, 0.4) is 0 Å². The SMILES string of the molecule is CC(C)(C)c1ccc(N(c2ccc(C(C)(C)C)cc2)c2cc3c4c(c2)-n2c5c(cc(C(C)(C)C)cc5c5oc6ccccc6c52)B4c2ccc(C(C)(C)C)cc2N3c2cccc3c2sc2cc(C(C)(C)C)ccc23)cc1.CC(C)(C)c1ccc(N(c2ccc(C(C)(C)C)cc2)c2cc3c4c(c2)-n2c5c(cc(C(C)(C)C)cc5c5oc6ccccc6c52)B4c2ccc(C(C)(C)C)cc2N3c2cccc3c2sc2ccccc23)cc1. The molecule has 148 heavy (non-hydrogen) atoms. The molecule has 4 aliphatic rings. The van der Waals surface area contributed by atoms with Gasteiger partial charge in [-0.1, -0.05) is 351 Å². The highest BCUT2D eigenvalue weighted by atomic mass is 32.1. The Hall–Kier alpha value is -14.0. The van der Waals surface area contributed by atoms with Gasteiger partial charge in [-0.15, -0.1) is 22.7 Å². The molecule has 0 saturated heterocycles. The van der Waals surface area contributed by atoms with E-state index in [0.717, 1.165) is 78.3 Å². The molecular weight excluding hydrogens is 1840 g/mol. The van der Waals surface area contributed by atoms with Gasteiger partial charge < -0.3 is 37.6 Å². The number of nitrogens with zero attached hydrogens (tertiary/aromatic N) is 6. The Kier molecular flexibility index (Phi) is 21.0. The van der Waals surface area contributed by atoms with Crippen molar-refractivity contribution in [2.75, 3.05) is 19.6 Å². The molecule has 12 heteroatoms. The lowest BCUT2D eigenvalue weighted by atomic mass is 9.33. The number of rotatable bonds is 8. The summed E-state index contributed by atoms with van der Waals surface area (Å²) in [5.74, 6) is 0. The monoisotopic (exact) mass is 1970 g/mol. The van der Waals surface area contributed by atoms with Crippen LogP contribution in [-0.2, 0) is 48.7 Å². The van der Waals surface area contributed by atoms with Crippen LogP contribution in [0.1, 0.15) is 237 Å². The molecule has 4 aliphatic heterocycles. The van der Waals surface area contributed by atoms with Crippen molar-refractivity contribution < 1.29 is 8.83 Å². The molecule has 0 amide bonds.